The quantitative estimate of drug-likeness (QED) is 0.145. The Kier molecular flexibility index (Phi) is 10.9. The van der Waals surface area contributed by atoms with Crippen molar-refractivity contribution >= 4 is 97.3 Å². The van der Waals surface area contributed by atoms with E-state index in [0.29, 0.717) is 11.4 Å². The van der Waals surface area contributed by atoms with Gasteiger partial charge in [-0.25, -0.2) is 9.97 Å². The lowest BCUT2D eigenvalue weighted by Gasteiger charge is -2.42. The van der Waals surface area contributed by atoms with Gasteiger partial charge in [-0.15, -0.1) is 10.0 Å². The van der Waals surface area contributed by atoms with Crippen molar-refractivity contribution in [1.82, 2.24) is 28.2 Å². The lowest BCUT2D eigenvalue weighted by Crippen LogP contribution is -2.07. The van der Waals surface area contributed by atoms with Crippen molar-refractivity contribution in [2.75, 3.05) is 0 Å². The third kappa shape index (κ3) is 7.34. The predicted molar refractivity (Wildman–Crippen MR) is 350 cm³/mol. The lowest BCUT2D eigenvalue weighted by atomic mass is 10.1. The Bertz CT molecular complexity index is 5420. The Morgan fingerprint density at radius 1 is 0.271 bits per heavy atom. The van der Waals surface area contributed by atoms with Gasteiger partial charge in [-0.2, -0.15) is 5.26 Å². The topological polar surface area (TPSA) is 69.3 Å². The summed E-state index contributed by atoms with van der Waals surface area (Å²) in [5.74, 6) is 2.07. The van der Waals surface area contributed by atoms with Crippen molar-refractivity contribution in [2.24, 2.45) is 0 Å². The van der Waals surface area contributed by atoms with Crippen LogP contribution in [-0.2, 0) is 0 Å². The molecule has 7 nitrogen and oxygen atoms in total. The fraction of sp³-hybridized carbons (Fsp3) is 0. The van der Waals surface area contributed by atoms with Crippen LogP contribution in [0.1, 0.15) is 5.56 Å². The molecule has 0 spiro atoms. The number of fused-ring (bicyclic) bond motifs is 12. The van der Waals surface area contributed by atoms with Gasteiger partial charge in [0, 0.05) is 85.7 Å². The van der Waals surface area contributed by atoms with Gasteiger partial charge in [0.25, 0.3) is 0 Å². The van der Waals surface area contributed by atoms with Crippen LogP contribution in [-0.4, -0.2) is 28.2 Å². The maximum absolute atomic E-state index is 10.0. The number of para-hydroxylation sites is 5. The second-order valence-corrected chi connectivity index (χ2v) is 24.8. The van der Waals surface area contributed by atoms with Gasteiger partial charge in [-0.1, -0.05) is 164 Å². The molecule has 0 unspecified atom stereocenters. The minimum absolute atomic E-state index is 0.599. The van der Waals surface area contributed by atoms with E-state index in [1.54, 1.807) is 0 Å². The second kappa shape index (κ2) is 19.2. The van der Waals surface area contributed by atoms with Crippen LogP contribution in [0.2, 0.25) is 0 Å². The first kappa shape index (κ1) is 48.5. The summed E-state index contributed by atoms with van der Waals surface area (Å²) in [5.41, 5.74) is 12.1. The molecule has 8 heteroatoms. The van der Waals surface area contributed by atoms with E-state index in [0.717, 1.165) is 105 Å². The smallest absolute Gasteiger partial charge is 0.163 e. The molecule has 0 aliphatic rings. The van der Waals surface area contributed by atoms with Crippen molar-refractivity contribution < 1.29 is 0 Å². The Hall–Kier alpha value is -11.2. The van der Waals surface area contributed by atoms with Gasteiger partial charge in [-0.3, -0.25) is 9.13 Å². The third-order valence-electron chi connectivity index (χ3n) is 17.1. The summed E-state index contributed by atoms with van der Waals surface area (Å²) in [7, 11) is -2.06. The van der Waals surface area contributed by atoms with Gasteiger partial charge in [0.2, 0.25) is 0 Å². The van der Waals surface area contributed by atoms with E-state index < -0.39 is 10.0 Å². The number of hydrogen-bond donors (Lipinski definition) is 0. The molecule has 0 bridgehead atoms. The van der Waals surface area contributed by atoms with Crippen molar-refractivity contribution in [1.29, 1.82) is 5.26 Å². The standard InChI is InChI=1S/C77H49N7S/c78-50-51-39-43-72-65(45-51)62-32-13-17-36-69(62)82(72)54-40-42-64-61-31-12-18-37-70(61)84(74(64)48-54)76-49-75(83-71-38-19-14-33-63(71)66-47-53(41-44-73(66)83)81-67-34-15-10-29-59(67)60-30-11-16-35-68(60)81)79-77(80-76)52-21-20-28-58(46-52)85(55-22-4-1-5-23-55,56-24-6-2-7-25-56)57-26-8-3-9-27-57/h1-49H. The van der Waals surface area contributed by atoms with E-state index in [2.05, 4.69) is 309 Å². The Balaban J connectivity index is 0.946. The lowest BCUT2D eigenvalue weighted by molar-refractivity contribution is 0.992. The SMILES string of the molecule is N#Cc1ccc2c(c1)c1ccccc1n2-c1ccc2c3ccccc3n(-c3cc(-n4c5ccccc5c5cc(-n6c7ccccc7c7ccccc76)ccc54)nc(-c4cccc(S(c5ccccc5)(c5ccccc5)c5ccccc5)c4)n3)c2c1. The van der Waals surface area contributed by atoms with E-state index >= 15 is 0 Å². The molecule has 17 aromatic rings. The van der Waals surface area contributed by atoms with Crippen molar-refractivity contribution in [3.8, 4) is 40.5 Å². The zero-order valence-electron chi connectivity index (χ0n) is 45.8. The van der Waals surface area contributed by atoms with E-state index in [1.165, 1.54) is 30.4 Å². The Morgan fingerprint density at radius 2 is 0.647 bits per heavy atom. The van der Waals surface area contributed by atoms with E-state index in [-0.39, 0.29) is 0 Å². The first-order valence-corrected chi connectivity index (χ1v) is 30.2. The van der Waals surface area contributed by atoms with Gasteiger partial charge in [0.05, 0.1) is 55.8 Å². The van der Waals surface area contributed by atoms with Crippen LogP contribution in [0.15, 0.2) is 317 Å². The van der Waals surface area contributed by atoms with Crippen LogP contribution in [0.4, 0.5) is 0 Å². The second-order valence-electron chi connectivity index (χ2n) is 21.7. The average molecular weight is 1100 g/mol. The average Bonchev–Trinajstić information content (AvgIpc) is 2.96. The van der Waals surface area contributed by atoms with Crippen LogP contribution in [0.5, 0.6) is 0 Å². The zero-order valence-corrected chi connectivity index (χ0v) is 46.6. The summed E-state index contributed by atoms with van der Waals surface area (Å²) in [6, 6.07) is 109. The molecule has 0 saturated heterocycles. The summed E-state index contributed by atoms with van der Waals surface area (Å²) in [4.78, 5) is 16.4. The van der Waals surface area contributed by atoms with Crippen molar-refractivity contribution in [2.45, 2.75) is 19.6 Å². The maximum Gasteiger partial charge on any atom is 0.163 e. The van der Waals surface area contributed by atoms with Gasteiger partial charge in [-0.05, 0) is 127 Å². The molecule has 0 atom stereocenters. The van der Waals surface area contributed by atoms with E-state index in [1.807, 2.05) is 12.1 Å². The molecule has 398 valence electrons. The summed E-state index contributed by atoms with van der Waals surface area (Å²) in [5, 5.41) is 19.1. The predicted octanol–water partition coefficient (Wildman–Crippen LogP) is 19.7. The molecule has 5 heterocycles. The number of aromatic nitrogens is 6. The molecule has 0 fully saturated rings. The maximum atomic E-state index is 10.0. The molecule has 17 rings (SSSR count). The van der Waals surface area contributed by atoms with Crippen LogP contribution in [0, 0.1) is 11.3 Å². The van der Waals surface area contributed by atoms with Crippen molar-refractivity contribution in [3.05, 3.63) is 303 Å². The van der Waals surface area contributed by atoms with E-state index in [9.17, 15) is 5.26 Å². The first-order valence-electron chi connectivity index (χ1n) is 28.6. The molecule has 85 heavy (non-hydrogen) atoms. The molecule has 0 saturated carbocycles. The Labute approximate surface area is 490 Å². The molecule has 5 aromatic heterocycles. The number of hydrogen-bond acceptors (Lipinski definition) is 3. The number of benzene rings is 12. The van der Waals surface area contributed by atoms with Crippen LogP contribution < -0.4 is 0 Å². The van der Waals surface area contributed by atoms with Crippen LogP contribution in [0.3, 0.4) is 0 Å². The highest BCUT2D eigenvalue weighted by Gasteiger charge is 2.34. The monoisotopic (exact) mass is 1100 g/mol. The molecular formula is C77H49N7S. The summed E-state index contributed by atoms with van der Waals surface area (Å²) in [6.45, 7) is 0. The molecule has 0 amide bonds. The zero-order chi connectivity index (χ0) is 56.2. The number of nitrogens with zero attached hydrogens (tertiary/aromatic N) is 7. The normalized spacial score (nSPS) is 12.2. The molecule has 0 aliphatic carbocycles. The highest BCUT2D eigenvalue weighted by atomic mass is 32.3. The fourth-order valence-electron chi connectivity index (χ4n) is 13.5. The number of rotatable bonds is 9. The minimum atomic E-state index is -2.06. The molecule has 0 N–H and O–H groups in total. The molecular weight excluding hydrogens is 1050 g/mol. The van der Waals surface area contributed by atoms with Gasteiger partial charge in [0.1, 0.15) is 11.6 Å². The largest absolute Gasteiger partial charge is 0.309 e. The molecule has 0 radical (unpaired) electrons. The number of nitriles is 1. The van der Waals surface area contributed by atoms with E-state index in [4.69, 9.17) is 9.97 Å². The highest BCUT2D eigenvalue weighted by molar-refractivity contribution is 8.34. The molecule has 0 aliphatic heterocycles. The highest BCUT2D eigenvalue weighted by Crippen LogP contribution is 2.73. The third-order valence-corrected chi connectivity index (χ3v) is 21.0. The first-order chi connectivity index (χ1) is 42.1. The molecule has 12 aromatic carbocycles. The van der Waals surface area contributed by atoms with Gasteiger partial charge < -0.3 is 9.13 Å². The Morgan fingerprint density at radius 3 is 1.16 bits per heavy atom. The van der Waals surface area contributed by atoms with Gasteiger partial charge in [0.15, 0.2) is 5.82 Å². The van der Waals surface area contributed by atoms with Crippen LogP contribution in [0.25, 0.3) is 122 Å². The van der Waals surface area contributed by atoms with Gasteiger partial charge >= 0.3 is 0 Å². The van der Waals surface area contributed by atoms with Crippen LogP contribution >= 0.6 is 10.0 Å². The summed E-state index contributed by atoms with van der Waals surface area (Å²) >= 11 is 0. The van der Waals surface area contributed by atoms with Crippen molar-refractivity contribution in [3.63, 3.8) is 0 Å². The summed E-state index contributed by atoms with van der Waals surface area (Å²) in [6.07, 6.45) is 0. The minimum Gasteiger partial charge on any atom is -0.309 e. The summed E-state index contributed by atoms with van der Waals surface area (Å²) < 4.78 is 9.38. The fourth-order valence-corrected chi connectivity index (χ4v) is 17.4.